The van der Waals surface area contributed by atoms with Crippen LogP contribution < -0.4 is 15.2 Å². The highest BCUT2D eigenvalue weighted by Gasteiger charge is 2.17. The van der Waals surface area contributed by atoms with E-state index in [2.05, 4.69) is 0 Å². The van der Waals surface area contributed by atoms with Gasteiger partial charge in [0.25, 0.3) is 5.91 Å². The Morgan fingerprint density at radius 2 is 1.65 bits per heavy atom. The van der Waals surface area contributed by atoms with E-state index in [4.69, 9.17) is 25.0 Å². The molecule has 0 unspecified atom stereocenters. The summed E-state index contributed by atoms with van der Waals surface area (Å²) < 4.78 is 17.9. The zero-order chi connectivity index (χ0) is 23.9. The van der Waals surface area contributed by atoms with Crippen molar-refractivity contribution in [2.24, 2.45) is 5.73 Å². The third kappa shape index (κ3) is 5.24. The van der Waals surface area contributed by atoms with Gasteiger partial charge < -0.3 is 19.9 Å². The van der Waals surface area contributed by atoms with Gasteiger partial charge in [-0.3, -0.25) is 4.79 Å². The van der Waals surface area contributed by atoms with Crippen LogP contribution in [-0.2, 0) is 16.1 Å². The van der Waals surface area contributed by atoms with Gasteiger partial charge in [0.1, 0.15) is 6.61 Å². The molecule has 34 heavy (non-hydrogen) atoms. The highest BCUT2D eigenvalue weighted by molar-refractivity contribution is 5.90. The van der Waals surface area contributed by atoms with Crippen molar-refractivity contribution in [2.75, 3.05) is 13.7 Å². The van der Waals surface area contributed by atoms with Crippen LogP contribution in [0.15, 0.2) is 85.1 Å². The molecular weight excluding hydrogens is 434 g/mol. The van der Waals surface area contributed by atoms with Crippen LogP contribution >= 0.6 is 0 Å². The molecule has 0 saturated heterocycles. The molecule has 3 aromatic carbocycles. The average molecular weight is 457 g/mol. The maximum absolute atomic E-state index is 12.8. The Balaban J connectivity index is 1.55. The zero-order valence-electron chi connectivity index (χ0n) is 18.5. The van der Waals surface area contributed by atoms with Gasteiger partial charge in [-0.1, -0.05) is 48.5 Å². The van der Waals surface area contributed by atoms with E-state index in [-0.39, 0.29) is 24.5 Å². The number of nitrogens with two attached hydrogens (primary N) is 1. The van der Waals surface area contributed by atoms with Crippen molar-refractivity contribution in [3.8, 4) is 28.4 Å². The minimum atomic E-state index is -0.615. The smallest absolute Gasteiger partial charge is 0.338 e. The van der Waals surface area contributed by atoms with Crippen LogP contribution in [-0.4, -0.2) is 35.4 Å². The van der Waals surface area contributed by atoms with E-state index in [1.165, 1.54) is 25.3 Å². The topological polar surface area (TPSA) is 106 Å². The van der Waals surface area contributed by atoms with Crippen molar-refractivity contribution in [1.82, 2.24) is 9.78 Å². The van der Waals surface area contributed by atoms with Gasteiger partial charge in [-0.25, -0.2) is 9.48 Å². The van der Waals surface area contributed by atoms with Crippen molar-refractivity contribution in [1.29, 1.82) is 0 Å². The predicted octanol–water partition coefficient (Wildman–Crippen LogP) is 3.77. The van der Waals surface area contributed by atoms with Crippen LogP contribution in [0.3, 0.4) is 0 Å². The van der Waals surface area contributed by atoms with Gasteiger partial charge in [0.05, 0.1) is 24.1 Å². The van der Waals surface area contributed by atoms with Crippen LogP contribution in [0.5, 0.6) is 11.5 Å². The molecule has 8 nitrogen and oxygen atoms in total. The highest BCUT2D eigenvalue weighted by atomic mass is 16.5. The Kier molecular flexibility index (Phi) is 6.88. The summed E-state index contributed by atoms with van der Waals surface area (Å²) >= 11 is 0. The van der Waals surface area contributed by atoms with Crippen LogP contribution in [0.2, 0.25) is 0 Å². The molecule has 1 amide bonds. The number of esters is 1. The molecule has 0 atom stereocenters. The molecule has 0 aliphatic heterocycles. The molecule has 0 aliphatic rings. The fourth-order valence-electron chi connectivity index (χ4n) is 3.36. The van der Waals surface area contributed by atoms with Crippen LogP contribution in [0.1, 0.15) is 15.9 Å². The summed E-state index contributed by atoms with van der Waals surface area (Å²) in [6.45, 7) is -0.272. The lowest BCUT2D eigenvalue weighted by Crippen LogP contribution is -2.20. The first kappa shape index (κ1) is 22.6. The first-order chi connectivity index (χ1) is 16.5. The fourth-order valence-corrected chi connectivity index (χ4v) is 3.36. The van der Waals surface area contributed by atoms with Gasteiger partial charge in [0.15, 0.2) is 18.1 Å². The minimum Gasteiger partial charge on any atom is -0.493 e. The second-order valence-electron chi connectivity index (χ2n) is 7.35. The third-order valence-electron chi connectivity index (χ3n) is 4.99. The number of amides is 1. The molecule has 1 heterocycles. The molecule has 0 aliphatic carbocycles. The summed E-state index contributed by atoms with van der Waals surface area (Å²) in [5.41, 5.74) is 8.69. The number of hydrogen-bond acceptors (Lipinski definition) is 6. The van der Waals surface area contributed by atoms with Gasteiger partial charge in [0.2, 0.25) is 0 Å². The summed E-state index contributed by atoms with van der Waals surface area (Å²) in [6.07, 6.45) is 1.85. The van der Waals surface area contributed by atoms with Crippen molar-refractivity contribution >= 4 is 11.9 Å². The van der Waals surface area contributed by atoms with E-state index >= 15 is 0 Å². The zero-order valence-corrected chi connectivity index (χ0v) is 18.5. The Hall–Kier alpha value is -4.59. The Morgan fingerprint density at radius 3 is 2.32 bits per heavy atom. The lowest BCUT2D eigenvalue weighted by atomic mass is 10.1. The first-order valence-electron chi connectivity index (χ1n) is 10.5. The molecule has 0 bridgehead atoms. The van der Waals surface area contributed by atoms with Crippen molar-refractivity contribution in [2.45, 2.75) is 6.61 Å². The minimum absolute atomic E-state index is 0.0259. The Labute approximate surface area is 196 Å². The number of carbonyl (C=O) groups excluding carboxylic acids is 2. The number of ether oxygens (including phenoxy) is 3. The van der Waals surface area contributed by atoms with Crippen molar-refractivity contribution in [3.05, 3.63) is 96.2 Å². The summed E-state index contributed by atoms with van der Waals surface area (Å²) in [4.78, 5) is 23.7. The van der Waals surface area contributed by atoms with Gasteiger partial charge in [-0.05, 0) is 30.3 Å². The monoisotopic (exact) mass is 457 g/mol. The third-order valence-corrected chi connectivity index (χ3v) is 4.99. The molecule has 8 heteroatoms. The lowest BCUT2D eigenvalue weighted by Gasteiger charge is -2.11. The number of aromatic nitrogens is 2. The maximum Gasteiger partial charge on any atom is 0.338 e. The predicted molar refractivity (Wildman–Crippen MR) is 126 cm³/mol. The highest BCUT2D eigenvalue weighted by Crippen LogP contribution is 2.29. The maximum atomic E-state index is 12.8. The largest absolute Gasteiger partial charge is 0.493 e. The van der Waals surface area contributed by atoms with Gasteiger partial charge >= 0.3 is 5.97 Å². The number of nitrogens with zero attached hydrogens (tertiary/aromatic N) is 2. The molecule has 172 valence electrons. The molecule has 4 rings (SSSR count). The summed E-state index contributed by atoms with van der Waals surface area (Å²) in [5.74, 6) is -0.562. The number of rotatable bonds is 9. The van der Waals surface area contributed by atoms with Crippen LogP contribution in [0.25, 0.3) is 16.9 Å². The standard InChI is InChI=1S/C26H23N3O5/c1-32-23-14-19(12-13-22(23)33-17-24(27)30)26(31)34-16-20-15-29(21-10-6-3-7-11-21)28-25(20)18-8-4-2-5-9-18/h2-15H,16-17H2,1H3,(H2,27,30). The summed E-state index contributed by atoms with van der Waals surface area (Å²) in [5, 5.41) is 4.73. The van der Waals surface area contributed by atoms with Crippen molar-refractivity contribution in [3.63, 3.8) is 0 Å². The lowest BCUT2D eigenvalue weighted by molar-refractivity contribution is -0.119. The van der Waals surface area contributed by atoms with E-state index in [9.17, 15) is 9.59 Å². The average Bonchev–Trinajstić information content (AvgIpc) is 3.31. The number of hydrogen-bond donors (Lipinski definition) is 1. The number of methoxy groups -OCH3 is 1. The second-order valence-corrected chi connectivity index (χ2v) is 7.35. The van der Waals surface area contributed by atoms with Gasteiger partial charge in [-0.2, -0.15) is 5.10 Å². The molecule has 0 spiro atoms. The molecular formula is C26H23N3O5. The summed E-state index contributed by atoms with van der Waals surface area (Å²) in [6, 6.07) is 24.0. The second kappa shape index (κ2) is 10.4. The summed E-state index contributed by atoms with van der Waals surface area (Å²) in [7, 11) is 1.44. The molecule has 0 fully saturated rings. The van der Waals surface area contributed by atoms with Gasteiger partial charge in [0, 0.05) is 17.3 Å². The van der Waals surface area contributed by atoms with E-state index in [1.807, 2.05) is 66.9 Å². The number of para-hydroxylation sites is 1. The molecule has 4 aromatic rings. The van der Waals surface area contributed by atoms with Crippen molar-refractivity contribution < 1.29 is 23.8 Å². The van der Waals surface area contributed by atoms with E-state index in [0.717, 1.165) is 22.5 Å². The molecule has 0 saturated carbocycles. The van der Waals surface area contributed by atoms with E-state index in [0.29, 0.717) is 5.75 Å². The normalized spacial score (nSPS) is 10.5. The number of primary amides is 1. The quantitative estimate of drug-likeness (QED) is 0.384. The molecule has 2 N–H and O–H groups in total. The number of benzene rings is 3. The molecule has 0 radical (unpaired) electrons. The van der Waals surface area contributed by atoms with E-state index in [1.54, 1.807) is 4.68 Å². The van der Waals surface area contributed by atoms with Gasteiger partial charge in [-0.15, -0.1) is 0 Å². The Morgan fingerprint density at radius 1 is 0.941 bits per heavy atom. The number of carbonyl (C=O) groups is 2. The Bertz CT molecular complexity index is 1290. The SMILES string of the molecule is COc1cc(C(=O)OCc2cn(-c3ccccc3)nc2-c2ccccc2)ccc1OCC(N)=O. The first-order valence-corrected chi connectivity index (χ1v) is 10.5. The van der Waals surface area contributed by atoms with Crippen LogP contribution in [0.4, 0.5) is 0 Å². The van der Waals surface area contributed by atoms with Crippen LogP contribution in [0, 0.1) is 0 Å². The fraction of sp³-hybridized carbons (Fsp3) is 0.115. The van der Waals surface area contributed by atoms with E-state index < -0.39 is 11.9 Å². The molecule has 1 aromatic heterocycles.